The molecule has 0 saturated carbocycles. The van der Waals surface area contributed by atoms with Crippen molar-refractivity contribution >= 4 is 33.0 Å². The van der Waals surface area contributed by atoms with Gasteiger partial charge in [-0.25, -0.2) is 8.42 Å². The quantitative estimate of drug-likeness (QED) is 0.775. The lowest BCUT2D eigenvalue weighted by molar-refractivity contribution is 0.595. The van der Waals surface area contributed by atoms with Crippen LogP contribution in [-0.2, 0) is 15.6 Å². The van der Waals surface area contributed by atoms with E-state index in [1.807, 2.05) is 24.3 Å². The smallest absolute Gasteiger partial charge is 0.184 e. The highest BCUT2D eigenvalue weighted by atomic mass is 35.5. The summed E-state index contributed by atoms with van der Waals surface area (Å²) in [6, 6.07) is 12.2. The molecule has 2 nitrogen and oxygen atoms in total. The molecule has 0 heterocycles. The van der Waals surface area contributed by atoms with E-state index in [9.17, 15) is 8.42 Å². The number of rotatable bonds is 4. The van der Waals surface area contributed by atoms with Crippen LogP contribution in [0.1, 0.15) is 30.9 Å². The first-order chi connectivity index (χ1) is 9.81. The Kier molecular flexibility index (Phi) is 4.97. The molecule has 0 amide bonds. The zero-order chi connectivity index (χ0) is 15.6. The van der Waals surface area contributed by atoms with Crippen LogP contribution in [0.2, 0.25) is 10.0 Å². The van der Waals surface area contributed by atoms with Crippen LogP contribution in [0.15, 0.2) is 47.4 Å². The summed E-state index contributed by atoms with van der Waals surface area (Å²) >= 11 is 11.9. The molecule has 0 bridgehead atoms. The highest BCUT2D eigenvalue weighted by molar-refractivity contribution is 7.90. The van der Waals surface area contributed by atoms with Crippen LogP contribution in [0.4, 0.5) is 0 Å². The maximum Gasteiger partial charge on any atom is 0.184 e. The van der Waals surface area contributed by atoms with Crippen LogP contribution < -0.4 is 0 Å². The van der Waals surface area contributed by atoms with Crippen molar-refractivity contribution < 1.29 is 8.42 Å². The van der Waals surface area contributed by atoms with E-state index in [0.717, 1.165) is 5.56 Å². The predicted molar refractivity (Wildman–Crippen MR) is 87.9 cm³/mol. The second kappa shape index (κ2) is 6.39. The molecule has 0 aliphatic heterocycles. The summed E-state index contributed by atoms with van der Waals surface area (Å²) in [5.74, 6) is 0.323. The monoisotopic (exact) mass is 342 g/mol. The van der Waals surface area contributed by atoms with Gasteiger partial charge in [0, 0.05) is 0 Å². The minimum absolute atomic E-state index is 0.0737. The van der Waals surface area contributed by atoms with Crippen LogP contribution in [-0.4, -0.2) is 8.42 Å². The highest BCUT2D eigenvalue weighted by Gasteiger charge is 2.20. The number of hydrogen-bond acceptors (Lipinski definition) is 2. The first-order valence-electron chi connectivity index (χ1n) is 6.57. The van der Waals surface area contributed by atoms with Gasteiger partial charge in [0.2, 0.25) is 0 Å². The summed E-state index contributed by atoms with van der Waals surface area (Å²) in [5.41, 5.74) is 1.91. The van der Waals surface area contributed by atoms with E-state index in [4.69, 9.17) is 23.2 Å². The Labute approximate surface area is 135 Å². The van der Waals surface area contributed by atoms with Crippen LogP contribution >= 0.6 is 23.2 Å². The molecule has 2 rings (SSSR count). The molecule has 0 aliphatic rings. The van der Waals surface area contributed by atoms with Crippen molar-refractivity contribution in [1.29, 1.82) is 0 Å². The van der Waals surface area contributed by atoms with Gasteiger partial charge in [-0.1, -0.05) is 67.4 Å². The van der Waals surface area contributed by atoms with Crippen molar-refractivity contribution in [2.45, 2.75) is 30.4 Å². The Balaban J connectivity index is 2.31. The van der Waals surface area contributed by atoms with E-state index < -0.39 is 9.84 Å². The Morgan fingerprint density at radius 2 is 1.62 bits per heavy atom. The lowest BCUT2D eigenvalue weighted by atomic mass is 10.0. The Morgan fingerprint density at radius 3 is 2.19 bits per heavy atom. The molecule has 0 atom stereocenters. The molecule has 112 valence electrons. The minimum Gasteiger partial charge on any atom is -0.223 e. The van der Waals surface area contributed by atoms with Crippen molar-refractivity contribution in [2.75, 3.05) is 0 Å². The molecular formula is C16H16Cl2O2S. The zero-order valence-electron chi connectivity index (χ0n) is 11.8. The summed E-state index contributed by atoms with van der Waals surface area (Å²) in [4.78, 5) is 0.0737. The van der Waals surface area contributed by atoms with Gasteiger partial charge in [-0.15, -0.1) is 0 Å². The van der Waals surface area contributed by atoms with Gasteiger partial charge in [-0.3, -0.25) is 0 Å². The first-order valence-corrected chi connectivity index (χ1v) is 8.97. The van der Waals surface area contributed by atoms with Gasteiger partial charge in [0.15, 0.2) is 9.84 Å². The van der Waals surface area contributed by atoms with Crippen molar-refractivity contribution in [3.05, 3.63) is 63.6 Å². The van der Waals surface area contributed by atoms with Crippen molar-refractivity contribution in [2.24, 2.45) is 0 Å². The summed E-state index contributed by atoms with van der Waals surface area (Å²) in [6.07, 6.45) is 0. The third kappa shape index (κ3) is 3.79. The Morgan fingerprint density at radius 1 is 1.00 bits per heavy atom. The van der Waals surface area contributed by atoms with E-state index in [1.54, 1.807) is 12.1 Å². The molecule has 0 aliphatic carbocycles. The van der Waals surface area contributed by atoms with Crippen molar-refractivity contribution in [1.82, 2.24) is 0 Å². The molecule has 5 heteroatoms. The fraction of sp³-hybridized carbons (Fsp3) is 0.250. The van der Waals surface area contributed by atoms with E-state index in [0.29, 0.717) is 5.92 Å². The van der Waals surface area contributed by atoms with E-state index in [2.05, 4.69) is 13.8 Å². The van der Waals surface area contributed by atoms with Gasteiger partial charge in [0.1, 0.15) is 0 Å². The van der Waals surface area contributed by atoms with Crippen molar-refractivity contribution in [3.63, 3.8) is 0 Å². The number of halogens is 2. The number of benzene rings is 2. The van der Waals surface area contributed by atoms with Gasteiger partial charge < -0.3 is 0 Å². The normalized spacial score (nSPS) is 11.9. The fourth-order valence-electron chi connectivity index (χ4n) is 2.02. The maximum absolute atomic E-state index is 12.5. The topological polar surface area (TPSA) is 34.1 Å². The average molecular weight is 343 g/mol. The first kappa shape index (κ1) is 16.3. The standard InChI is InChI=1S/C16H16Cl2O2S/c1-11(2)13-8-6-12(7-9-13)10-21(19,20)15-5-3-4-14(17)16(15)18/h3-9,11H,10H2,1-2H3. The van der Waals surface area contributed by atoms with Gasteiger partial charge in [-0.05, 0) is 29.2 Å². The second-order valence-corrected chi connectivity index (χ2v) is 7.95. The number of hydrogen-bond donors (Lipinski definition) is 0. The Bertz CT molecular complexity index is 735. The molecule has 0 radical (unpaired) electrons. The molecule has 0 saturated heterocycles. The molecule has 0 unspecified atom stereocenters. The fourth-order valence-corrected chi connectivity index (χ4v) is 4.19. The minimum atomic E-state index is -3.52. The van der Waals surface area contributed by atoms with E-state index in [-0.39, 0.29) is 20.7 Å². The highest BCUT2D eigenvalue weighted by Crippen LogP contribution is 2.31. The van der Waals surface area contributed by atoms with Crippen LogP contribution in [0.25, 0.3) is 0 Å². The van der Waals surface area contributed by atoms with E-state index in [1.165, 1.54) is 11.6 Å². The van der Waals surface area contributed by atoms with E-state index >= 15 is 0 Å². The van der Waals surface area contributed by atoms with Crippen LogP contribution in [0.3, 0.4) is 0 Å². The van der Waals surface area contributed by atoms with Gasteiger partial charge in [0.05, 0.1) is 20.7 Å². The van der Waals surface area contributed by atoms with Crippen LogP contribution in [0.5, 0.6) is 0 Å². The molecule has 0 fully saturated rings. The third-order valence-corrected chi connectivity index (χ3v) is 5.91. The molecular weight excluding hydrogens is 327 g/mol. The summed E-state index contributed by atoms with van der Waals surface area (Å²) in [6.45, 7) is 4.19. The van der Waals surface area contributed by atoms with Gasteiger partial charge >= 0.3 is 0 Å². The SMILES string of the molecule is CC(C)c1ccc(CS(=O)(=O)c2cccc(Cl)c2Cl)cc1. The van der Waals surface area contributed by atoms with Gasteiger partial charge in [0.25, 0.3) is 0 Å². The van der Waals surface area contributed by atoms with Gasteiger partial charge in [-0.2, -0.15) is 0 Å². The second-order valence-electron chi connectivity index (χ2n) is 5.21. The average Bonchev–Trinajstić information content (AvgIpc) is 2.41. The molecule has 0 N–H and O–H groups in total. The lowest BCUT2D eigenvalue weighted by Gasteiger charge is -2.09. The lowest BCUT2D eigenvalue weighted by Crippen LogP contribution is -2.06. The summed E-state index contributed by atoms with van der Waals surface area (Å²) in [5, 5.41) is 0.325. The molecule has 0 spiro atoms. The summed E-state index contributed by atoms with van der Waals surface area (Å²) in [7, 11) is -3.52. The third-order valence-electron chi connectivity index (χ3n) is 3.25. The predicted octanol–water partition coefficient (Wildman–Crippen LogP) is 5.09. The Hall–Kier alpha value is -1.03. The molecule has 2 aromatic rings. The molecule has 2 aromatic carbocycles. The maximum atomic E-state index is 12.5. The zero-order valence-corrected chi connectivity index (χ0v) is 14.1. The largest absolute Gasteiger partial charge is 0.223 e. The number of sulfone groups is 1. The molecule has 0 aromatic heterocycles. The summed E-state index contributed by atoms with van der Waals surface area (Å²) < 4.78 is 24.9. The van der Waals surface area contributed by atoms with Crippen LogP contribution in [0, 0.1) is 0 Å². The molecule has 21 heavy (non-hydrogen) atoms. The van der Waals surface area contributed by atoms with Crippen molar-refractivity contribution in [3.8, 4) is 0 Å².